The van der Waals surface area contributed by atoms with Gasteiger partial charge in [0.15, 0.2) is 0 Å². The third-order valence-electron chi connectivity index (χ3n) is 0.760. The van der Waals surface area contributed by atoms with Crippen molar-refractivity contribution in [2.75, 3.05) is 0 Å². The summed E-state index contributed by atoms with van der Waals surface area (Å²) in [6.07, 6.45) is 2.41. The van der Waals surface area contributed by atoms with Crippen LogP contribution in [0.3, 0.4) is 0 Å². The monoisotopic (exact) mass is 186 g/mol. The van der Waals surface area contributed by atoms with Gasteiger partial charge in [-0.15, -0.1) is 23.3 Å². The third-order valence-corrected chi connectivity index (χ3v) is 4.66. The highest BCUT2D eigenvalue weighted by Gasteiger charge is 2.02. The second kappa shape index (κ2) is 6.52. The van der Waals surface area contributed by atoms with E-state index in [9.17, 15) is 0 Å². The Balaban J connectivity index is 3.07. The van der Waals surface area contributed by atoms with Gasteiger partial charge in [0.2, 0.25) is 0 Å². The molecule has 0 amide bonds. The molecule has 0 heterocycles. The minimum absolute atomic E-state index is 0.562. The molecule has 0 unspecified atom stereocenters. The first-order valence-corrected chi connectivity index (χ1v) is 6.32. The van der Waals surface area contributed by atoms with Gasteiger partial charge in [-0.2, -0.15) is 0 Å². The predicted octanol–water partition coefficient (Wildman–Crippen LogP) is 3.27. The first kappa shape index (κ1) is 9.40. The summed E-state index contributed by atoms with van der Waals surface area (Å²) in [5, 5.41) is 0. The summed E-state index contributed by atoms with van der Waals surface area (Å²) >= 11 is 8.15. The summed E-state index contributed by atoms with van der Waals surface area (Å²) in [5.74, 6) is 0. The molecular weight excluding hydrogens is 176 g/mol. The molecule has 0 saturated heterocycles. The number of hydrogen-bond acceptors (Lipinski definition) is 4. The molecule has 0 N–H and O–H groups in total. The van der Waals surface area contributed by atoms with Gasteiger partial charge in [-0.1, -0.05) is 34.9 Å². The van der Waals surface area contributed by atoms with E-state index in [2.05, 4.69) is 30.2 Å². The van der Waals surface area contributed by atoms with E-state index in [1.54, 1.807) is 21.6 Å². The lowest BCUT2D eigenvalue weighted by atomic mass is 10.4. The Labute approximate surface area is 69.2 Å². The fraction of sp³-hybridized carbons (Fsp3) is 1.00. The van der Waals surface area contributed by atoms with E-state index in [0.717, 1.165) is 0 Å². The molecule has 0 aliphatic rings. The zero-order valence-electron chi connectivity index (χ0n) is 4.70. The Kier molecular flexibility index (Phi) is 7.66. The van der Waals surface area contributed by atoms with Crippen LogP contribution in [0.2, 0.25) is 0 Å². The molecule has 50 valence electrons. The maximum atomic E-state index is 4.08. The fourth-order valence-corrected chi connectivity index (χ4v) is 3.21. The second-order valence-electron chi connectivity index (χ2n) is 1.43. The Bertz CT molecular complexity index is 43.3. The SMILES string of the molecule is CCCC(SS)SS. The molecule has 0 fully saturated rings. The molecule has 0 aliphatic carbocycles. The molecule has 0 aromatic rings. The van der Waals surface area contributed by atoms with Crippen molar-refractivity contribution in [1.29, 1.82) is 0 Å². The summed E-state index contributed by atoms with van der Waals surface area (Å²) < 4.78 is 0.562. The smallest absolute Gasteiger partial charge is 0.0704 e. The number of thiol groups is 2. The van der Waals surface area contributed by atoms with Gasteiger partial charge >= 0.3 is 0 Å². The molecule has 0 nitrogen and oxygen atoms in total. The van der Waals surface area contributed by atoms with Crippen molar-refractivity contribution in [3.05, 3.63) is 0 Å². The lowest BCUT2D eigenvalue weighted by molar-refractivity contribution is 0.875. The lowest BCUT2D eigenvalue weighted by Gasteiger charge is -2.05. The van der Waals surface area contributed by atoms with E-state index in [4.69, 9.17) is 0 Å². The van der Waals surface area contributed by atoms with Crippen LogP contribution in [0.5, 0.6) is 0 Å². The average molecular weight is 186 g/mol. The summed E-state index contributed by atoms with van der Waals surface area (Å²) in [6, 6.07) is 0. The molecule has 0 aromatic carbocycles. The van der Waals surface area contributed by atoms with Crippen LogP contribution in [0.15, 0.2) is 0 Å². The lowest BCUT2D eigenvalue weighted by Crippen LogP contribution is -1.88. The molecule has 0 spiro atoms. The largest absolute Gasteiger partial charge is 0.110 e. The highest BCUT2D eigenvalue weighted by Crippen LogP contribution is 2.32. The maximum absolute atomic E-state index is 4.08. The third kappa shape index (κ3) is 4.30. The molecule has 0 saturated carbocycles. The molecule has 0 bridgehead atoms. The minimum Gasteiger partial charge on any atom is -0.110 e. The summed E-state index contributed by atoms with van der Waals surface area (Å²) in [5.41, 5.74) is 0. The van der Waals surface area contributed by atoms with Crippen molar-refractivity contribution in [2.45, 2.75) is 24.3 Å². The van der Waals surface area contributed by atoms with Crippen LogP contribution >= 0.6 is 44.9 Å². The second-order valence-corrected chi connectivity index (χ2v) is 4.55. The van der Waals surface area contributed by atoms with Crippen molar-refractivity contribution in [3.63, 3.8) is 0 Å². The van der Waals surface area contributed by atoms with Crippen molar-refractivity contribution < 1.29 is 0 Å². The van der Waals surface area contributed by atoms with Gasteiger partial charge in [0.1, 0.15) is 0 Å². The minimum atomic E-state index is 0.562. The van der Waals surface area contributed by atoms with Gasteiger partial charge < -0.3 is 0 Å². The van der Waals surface area contributed by atoms with Gasteiger partial charge in [0, 0.05) is 0 Å². The van der Waals surface area contributed by atoms with E-state index in [-0.39, 0.29) is 0 Å². The number of hydrogen-bond donors (Lipinski definition) is 2. The zero-order valence-corrected chi connectivity index (χ0v) is 8.12. The van der Waals surface area contributed by atoms with E-state index in [1.165, 1.54) is 12.8 Å². The molecule has 0 rings (SSSR count). The van der Waals surface area contributed by atoms with Crippen LogP contribution in [-0.4, -0.2) is 4.58 Å². The van der Waals surface area contributed by atoms with E-state index in [1.807, 2.05) is 0 Å². The highest BCUT2D eigenvalue weighted by atomic mass is 33.1. The topological polar surface area (TPSA) is 0 Å². The Morgan fingerprint density at radius 1 is 1.38 bits per heavy atom. The first-order valence-electron chi connectivity index (χ1n) is 2.45. The quantitative estimate of drug-likeness (QED) is 0.393. The molecule has 8 heavy (non-hydrogen) atoms. The molecule has 0 atom stereocenters. The van der Waals surface area contributed by atoms with Crippen LogP contribution in [0.4, 0.5) is 0 Å². The van der Waals surface area contributed by atoms with Crippen molar-refractivity contribution >= 4 is 44.9 Å². The van der Waals surface area contributed by atoms with Crippen LogP contribution in [0.1, 0.15) is 19.8 Å². The summed E-state index contributed by atoms with van der Waals surface area (Å²) in [6.45, 7) is 2.17. The molecular formula is C4H10S4. The van der Waals surface area contributed by atoms with Gasteiger partial charge in [-0.3, -0.25) is 0 Å². The van der Waals surface area contributed by atoms with Crippen molar-refractivity contribution in [2.24, 2.45) is 0 Å². The van der Waals surface area contributed by atoms with Gasteiger partial charge in [-0.25, -0.2) is 0 Å². The molecule has 4 heteroatoms. The maximum Gasteiger partial charge on any atom is 0.0704 e. The Morgan fingerprint density at radius 3 is 2.00 bits per heavy atom. The van der Waals surface area contributed by atoms with Crippen LogP contribution in [-0.2, 0) is 0 Å². The van der Waals surface area contributed by atoms with Crippen LogP contribution in [0.25, 0.3) is 0 Å². The van der Waals surface area contributed by atoms with E-state index in [0.29, 0.717) is 4.58 Å². The standard InChI is InChI=1S/C4H10S4/c1-2-3-4(7-5)8-6/h4-6H,2-3H2,1H3. The zero-order chi connectivity index (χ0) is 6.41. The summed E-state index contributed by atoms with van der Waals surface area (Å²) in [7, 11) is 3.15. The van der Waals surface area contributed by atoms with Crippen molar-refractivity contribution in [3.8, 4) is 0 Å². The van der Waals surface area contributed by atoms with Gasteiger partial charge in [0.25, 0.3) is 0 Å². The van der Waals surface area contributed by atoms with Gasteiger partial charge in [-0.05, 0) is 6.42 Å². The Morgan fingerprint density at radius 2 is 1.88 bits per heavy atom. The predicted molar refractivity (Wildman–Crippen MR) is 51.9 cm³/mol. The Hall–Kier alpha value is 1.40. The van der Waals surface area contributed by atoms with Crippen molar-refractivity contribution in [1.82, 2.24) is 0 Å². The number of rotatable bonds is 4. The van der Waals surface area contributed by atoms with Crippen LogP contribution < -0.4 is 0 Å². The normalized spacial score (nSPS) is 10.5. The first-order chi connectivity index (χ1) is 3.85. The molecule has 0 aromatic heterocycles. The molecule has 0 aliphatic heterocycles. The van der Waals surface area contributed by atoms with Crippen LogP contribution in [0, 0.1) is 0 Å². The fourth-order valence-electron chi connectivity index (χ4n) is 0.360. The van der Waals surface area contributed by atoms with E-state index >= 15 is 0 Å². The molecule has 0 radical (unpaired) electrons. The highest BCUT2D eigenvalue weighted by molar-refractivity contribution is 8.78. The average Bonchev–Trinajstić information content (AvgIpc) is 1.83. The summed E-state index contributed by atoms with van der Waals surface area (Å²) in [4.78, 5) is 0. The van der Waals surface area contributed by atoms with E-state index < -0.39 is 0 Å². The van der Waals surface area contributed by atoms with Gasteiger partial charge in [0.05, 0.1) is 4.58 Å².